The van der Waals surface area contributed by atoms with E-state index in [0.717, 1.165) is 0 Å². The van der Waals surface area contributed by atoms with Crippen LogP contribution in [0.15, 0.2) is 84.9 Å². The third-order valence-electron chi connectivity index (χ3n) is 5.54. The molecule has 0 fully saturated rings. The third kappa shape index (κ3) is 1.99. The van der Waals surface area contributed by atoms with E-state index in [1.807, 2.05) is 11.3 Å². The lowest BCUT2D eigenvalue weighted by molar-refractivity contribution is 1.16. The maximum atomic E-state index is 2.46. The van der Waals surface area contributed by atoms with E-state index in [9.17, 15) is 0 Å². The average molecular weight is 363 g/mol. The van der Waals surface area contributed by atoms with Crippen LogP contribution in [0.5, 0.6) is 0 Å². The predicted molar refractivity (Wildman–Crippen MR) is 118 cm³/mol. The second kappa shape index (κ2) is 5.45. The highest BCUT2D eigenvalue weighted by Crippen LogP contribution is 2.42. The van der Waals surface area contributed by atoms with E-state index < -0.39 is 0 Å². The first-order chi connectivity index (χ1) is 13.3. The van der Waals surface area contributed by atoms with Gasteiger partial charge in [-0.3, -0.25) is 0 Å². The number of benzene rings is 4. The fourth-order valence-electron chi connectivity index (χ4n) is 4.30. The zero-order valence-electron chi connectivity index (χ0n) is 14.9. The highest BCUT2D eigenvalue weighted by molar-refractivity contribution is 7.26. The molecule has 27 heavy (non-hydrogen) atoms. The maximum absolute atomic E-state index is 2.46. The van der Waals surface area contributed by atoms with E-state index in [-0.39, 0.29) is 0 Å². The molecule has 0 amide bonds. The summed E-state index contributed by atoms with van der Waals surface area (Å²) in [6.07, 6.45) is 0. The van der Waals surface area contributed by atoms with Crippen LogP contribution in [0.2, 0.25) is 0 Å². The van der Waals surface area contributed by atoms with Crippen molar-refractivity contribution in [3.63, 3.8) is 0 Å². The number of aryl methyl sites for hydroxylation is 1. The minimum Gasteiger partial charge on any atom is -0.308 e. The van der Waals surface area contributed by atoms with Crippen LogP contribution < -0.4 is 0 Å². The molecular formula is C25H17NS. The third-order valence-corrected chi connectivity index (χ3v) is 6.73. The van der Waals surface area contributed by atoms with Gasteiger partial charge in [0, 0.05) is 31.9 Å². The summed E-state index contributed by atoms with van der Waals surface area (Å²) in [7, 11) is 0. The van der Waals surface area contributed by atoms with Crippen LogP contribution in [0.4, 0.5) is 0 Å². The molecule has 1 nitrogen and oxygen atoms in total. The quantitative estimate of drug-likeness (QED) is 0.286. The number of para-hydroxylation sites is 2. The van der Waals surface area contributed by atoms with Crippen molar-refractivity contribution in [2.45, 2.75) is 6.92 Å². The molecule has 0 saturated carbocycles. The summed E-state index contributed by atoms with van der Waals surface area (Å²) in [6, 6.07) is 30.8. The van der Waals surface area contributed by atoms with Gasteiger partial charge in [-0.1, -0.05) is 66.7 Å². The first-order valence-corrected chi connectivity index (χ1v) is 10.0. The molecule has 0 radical (unpaired) electrons. The van der Waals surface area contributed by atoms with Crippen LogP contribution in [0.1, 0.15) is 5.56 Å². The molecule has 128 valence electrons. The lowest BCUT2D eigenvalue weighted by atomic mass is 10.1. The van der Waals surface area contributed by atoms with Gasteiger partial charge in [0.15, 0.2) is 0 Å². The summed E-state index contributed by atoms with van der Waals surface area (Å²) in [6.45, 7) is 2.20. The summed E-state index contributed by atoms with van der Waals surface area (Å²) in [5.74, 6) is 0. The molecule has 2 heteroatoms. The fraction of sp³-hybridized carbons (Fsp3) is 0.0400. The van der Waals surface area contributed by atoms with Crippen molar-refractivity contribution in [2.75, 3.05) is 0 Å². The number of aromatic nitrogens is 1. The Morgan fingerprint density at radius 2 is 1.33 bits per heavy atom. The molecule has 0 atom stereocenters. The molecule has 0 aliphatic rings. The Labute approximate surface area is 161 Å². The van der Waals surface area contributed by atoms with E-state index in [1.54, 1.807) is 0 Å². The van der Waals surface area contributed by atoms with Gasteiger partial charge in [0.1, 0.15) is 0 Å². The maximum Gasteiger partial charge on any atom is 0.0719 e. The lowest BCUT2D eigenvalue weighted by Gasteiger charge is -2.11. The normalized spacial score (nSPS) is 11.9. The van der Waals surface area contributed by atoms with Gasteiger partial charge in [0.25, 0.3) is 0 Å². The SMILES string of the molecule is Cc1ccccc1-n1c2ccccc2c2ccc3c4ccccc4sc3c21. The number of fused-ring (bicyclic) bond motifs is 7. The van der Waals surface area contributed by atoms with E-state index in [0.29, 0.717) is 0 Å². The standard InChI is InChI=1S/C25H17NS/c1-16-8-2-5-11-21(16)26-22-12-6-3-9-17(22)19-14-15-20-18-10-4-7-13-23(18)27-25(20)24(19)26/h2-15H,1H3. The van der Waals surface area contributed by atoms with Gasteiger partial charge in [0.05, 0.1) is 15.7 Å². The van der Waals surface area contributed by atoms with Crippen molar-refractivity contribution >= 4 is 53.3 Å². The van der Waals surface area contributed by atoms with Crippen LogP contribution >= 0.6 is 11.3 Å². The topological polar surface area (TPSA) is 4.93 Å². The van der Waals surface area contributed by atoms with Crippen molar-refractivity contribution in [3.8, 4) is 5.69 Å². The summed E-state index contributed by atoms with van der Waals surface area (Å²) in [5, 5.41) is 5.34. The smallest absolute Gasteiger partial charge is 0.0719 e. The Balaban J connectivity index is 1.93. The monoisotopic (exact) mass is 363 g/mol. The molecule has 6 rings (SSSR count). The molecule has 4 aromatic carbocycles. The number of thiophene rings is 1. The lowest BCUT2D eigenvalue weighted by Crippen LogP contribution is -1.96. The molecule has 0 saturated heterocycles. The summed E-state index contributed by atoms with van der Waals surface area (Å²) in [4.78, 5) is 0. The van der Waals surface area contributed by atoms with Crippen LogP contribution in [-0.4, -0.2) is 4.57 Å². The molecule has 0 unspecified atom stereocenters. The van der Waals surface area contributed by atoms with Crippen LogP contribution in [0.25, 0.3) is 47.7 Å². The van der Waals surface area contributed by atoms with Gasteiger partial charge in [-0.15, -0.1) is 11.3 Å². The predicted octanol–water partition coefficient (Wildman–Crippen LogP) is 7.46. The van der Waals surface area contributed by atoms with Crippen molar-refractivity contribution in [2.24, 2.45) is 0 Å². The number of hydrogen-bond acceptors (Lipinski definition) is 1. The van der Waals surface area contributed by atoms with Crippen LogP contribution in [0, 0.1) is 6.92 Å². The molecule has 6 aromatic rings. The molecule has 0 aliphatic carbocycles. The van der Waals surface area contributed by atoms with Gasteiger partial charge < -0.3 is 4.57 Å². The molecule has 0 spiro atoms. The Hall–Kier alpha value is -3.10. The zero-order chi connectivity index (χ0) is 18.0. The van der Waals surface area contributed by atoms with Crippen molar-refractivity contribution in [1.29, 1.82) is 0 Å². The zero-order valence-corrected chi connectivity index (χ0v) is 15.8. The van der Waals surface area contributed by atoms with Crippen LogP contribution in [0.3, 0.4) is 0 Å². The van der Waals surface area contributed by atoms with Gasteiger partial charge in [0.2, 0.25) is 0 Å². The van der Waals surface area contributed by atoms with Crippen molar-refractivity contribution < 1.29 is 0 Å². The van der Waals surface area contributed by atoms with Crippen molar-refractivity contribution in [1.82, 2.24) is 4.57 Å². The second-order valence-electron chi connectivity index (χ2n) is 7.08. The molecule has 0 aliphatic heterocycles. The summed E-state index contributed by atoms with van der Waals surface area (Å²) >= 11 is 1.90. The van der Waals surface area contributed by atoms with E-state index in [2.05, 4.69) is 96.4 Å². The Kier molecular flexibility index (Phi) is 3.03. The Morgan fingerprint density at radius 1 is 0.630 bits per heavy atom. The summed E-state index contributed by atoms with van der Waals surface area (Å²) in [5.41, 5.74) is 5.14. The fourth-order valence-corrected chi connectivity index (χ4v) is 5.54. The number of hydrogen-bond donors (Lipinski definition) is 0. The van der Waals surface area contributed by atoms with Crippen molar-refractivity contribution in [3.05, 3.63) is 90.5 Å². The van der Waals surface area contributed by atoms with Gasteiger partial charge >= 0.3 is 0 Å². The molecule has 0 bridgehead atoms. The van der Waals surface area contributed by atoms with E-state index >= 15 is 0 Å². The van der Waals surface area contributed by atoms with E-state index in [1.165, 1.54) is 53.2 Å². The minimum absolute atomic E-state index is 1.26. The van der Waals surface area contributed by atoms with Gasteiger partial charge in [-0.05, 0) is 30.7 Å². The summed E-state index contributed by atoms with van der Waals surface area (Å²) < 4.78 is 5.17. The average Bonchev–Trinajstić information content (AvgIpc) is 3.24. The Morgan fingerprint density at radius 3 is 2.22 bits per heavy atom. The van der Waals surface area contributed by atoms with Crippen LogP contribution in [-0.2, 0) is 0 Å². The minimum atomic E-state index is 1.26. The molecule has 2 heterocycles. The molecule has 0 N–H and O–H groups in total. The van der Waals surface area contributed by atoms with Gasteiger partial charge in [-0.2, -0.15) is 0 Å². The van der Waals surface area contributed by atoms with E-state index in [4.69, 9.17) is 0 Å². The highest BCUT2D eigenvalue weighted by atomic mass is 32.1. The molecule has 2 aromatic heterocycles. The van der Waals surface area contributed by atoms with Gasteiger partial charge in [-0.25, -0.2) is 0 Å². The first kappa shape index (κ1) is 15.0. The number of rotatable bonds is 1. The Bertz CT molecular complexity index is 1480. The largest absolute Gasteiger partial charge is 0.308 e. The highest BCUT2D eigenvalue weighted by Gasteiger charge is 2.17. The molecular weight excluding hydrogens is 346 g/mol. The number of nitrogens with zero attached hydrogens (tertiary/aromatic N) is 1. The second-order valence-corrected chi connectivity index (χ2v) is 8.13. The first-order valence-electron chi connectivity index (χ1n) is 9.22.